The van der Waals surface area contributed by atoms with Crippen LogP contribution in [0.4, 0.5) is 0 Å². The van der Waals surface area contributed by atoms with Crippen molar-refractivity contribution in [2.45, 2.75) is 0 Å². The highest BCUT2D eigenvalue weighted by Gasteiger charge is 2.26. The van der Waals surface area contributed by atoms with Gasteiger partial charge in [-0.15, -0.1) is 0 Å². The lowest BCUT2D eigenvalue weighted by molar-refractivity contribution is 0.360. The maximum absolute atomic E-state index is 12.9. The van der Waals surface area contributed by atoms with Crippen LogP contribution < -0.4 is 22.7 Å². The van der Waals surface area contributed by atoms with Gasteiger partial charge in [0.25, 0.3) is 0 Å². The van der Waals surface area contributed by atoms with E-state index in [0.29, 0.717) is 12.1 Å². The summed E-state index contributed by atoms with van der Waals surface area (Å²) in [4.78, 5) is 12.9. The Kier molecular flexibility index (Phi) is 6.59. The van der Waals surface area contributed by atoms with Crippen molar-refractivity contribution < 1.29 is 65.7 Å². The zero-order valence-corrected chi connectivity index (χ0v) is 19.2. The fourth-order valence-electron chi connectivity index (χ4n) is 2.80. The summed E-state index contributed by atoms with van der Waals surface area (Å²) >= 11 is 0. The topological polar surface area (TPSA) is 250 Å². The molecule has 190 valence electrons. The van der Waals surface area contributed by atoms with Gasteiger partial charge in [-0.25, -0.2) is 0 Å². The van der Waals surface area contributed by atoms with E-state index in [4.69, 9.17) is 22.8 Å². The number of methoxy groups -OCH3 is 1. The average molecular weight is 556 g/mol. The second-order valence-corrected chi connectivity index (χ2v) is 9.37. The van der Waals surface area contributed by atoms with E-state index in [1.165, 1.54) is 0 Å². The van der Waals surface area contributed by atoms with Crippen LogP contribution in [0.15, 0.2) is 39.5 Å². The molecule has 0 aliphatic rings. The molecule has 0 saturated carbocycles. The number of hydrogen-bond acceptors (Lipinski definition) is 13. The lowest BCUT2D eigenvalue weighted by Gasteiger charge is -2.13. The zero-order chi connectivity index (χ0) is 26.3. The van der Waals surface area contributed by atoms with Crippen molar-refractivity contribution in [3.8, 4) is 40.1 Å². The number of fused-ring (bicyclic) bond motifs is 1. The van der Waals surface area contributed by atoms with E-state index >= 15 is 0 Å². The molecule has 3 rings (SSSR count). The molecule has 1 aromatic heterocycles. The Morgan fingerprint density at radius 1 is 0.800 bits per heavy atom. The highest BCUT2D eigenvalue weighted by atomic mass is 32.3. The van der Waals surface area contributed by atoms with Crippen LogP contribution >= 0.6 is 0 Å². The van der Waals surface area contributed by atoms with Crippen molar-refractivity contribution in [1.29, 1.82) is 0 Å². The molecule has 0 atom stereocenters. The molecule has 1 heterocycles. The average Bonchev–Trinajstić information content (AvgIpc) is 2.66. The minimum absolute atomic E-state index is 0.256. The van der Waals surface area contributed by atoms with E-state index in [0.717, 1.165) is 25.3 Å². The highest BCUT2D eigenvalue weighted by molar-refractivity contribution is 7.81. The summed E-state index contributed by atoms with van der Waals surface area (Å²) in [5.74, 6) is -4.70. The number of phenolic OH excluding ortho intramolecular Hbond substituents is 1. The van der Waals surface area contributed by atoms with E-state index in [-0.39, 0.29) is 11.3 Å². The minimum Gasteiger partial charge on any atom is -0.507 e. The van der Waals surface area contributed by atoms with Gasteiger partial charge >= 0.3 is 31.2 Å². The minimum atomic E-state index is -5.37. The van der Waals surface area contributed by atoms with Crippen molar-refractivity contribution in [2.75, 3.05) is 7.11 Å². The predicted molar refractivity (Wildman–Crippen MR) is 113 cm³/mol. The smallest absolute Gasteiger partial charge is 0.446 e. The van der Waals surface area contributed by atoms with Gasteiger partial charge in [-0.05, 0) is 18.2 Å². The molecule has 0 saturated heterocycles. The van der Waals surface area contributed by atoms with Crippen LogP contribution in [0.5, 0.6) is 28.7 Å². The van der Waals surface area contributed by atoms with Crippen LogP contribution in [-0.2, 0) is 31.2 Å². The normalized spacial score (nSPS) is 12.3. The molecule has 0 unspecified atom stereocenters. The van der Waals surface area contributed by atoms with E-state index in [2.05, 4.69) is 12.5 Å². The molecule has 0 aliphatic heterocycles. The third-order valence-electron chi connectivity index (χ3n) is 3.92. The maximum atomic E-state index is 12.9. The number of benzene rings is 2. The second-order valence-electron chi connectivity index (χ2n) is 6.30. The molecule has 16 nitrogen and oxygen atoms in total. The van der Waals surface area contributed by atoms with Crippen molar-refractivity contribution in [3.05, 3.63) is 40.6 Å². The summed E-state index contributed by atoms with van der Waals surface area (Å²) in [6.45, 7) is 0. The van der Waals surface area contributed by atoms with Crippen LogP contribution in [0.2, 0.25) is 0 Å². The molecule has 0 spiro atoms. The Hall–Kier alpha value is -3.62. The van der Waals surface area contributed by atoms with Crippen molar-refractivity contribution in [1.82, 2.24) is 0 Å². The summed E-state index contributed by atoms with van der Waals surface area (Å²) in [7, 11) is -14.4. The van der Waals surface area contributed by atoms with E-state index in [1.807, 2.05) is 0 Å². The standard InChI is InChI=1S/C16H12O16S3/c1-28-10-3-2-7(4-11(10)31-34(22,23)24)15-16(32-35(25,26)27)14(18)13-9(17)5-8(6-12(13)29-15)30-33(19,20)21/h2-6,17H,1H3,(H,19,20,21)(H,22,23,24)(H,25,26,27). The Morgan fingerprint density at radius 3 is 1.94 bits per heavy atom. The van der Waals surface area contributed by atoms with Gasteiger partial charge in [0, 0.05) is 17.7 Å². The summed E-state index contributed by atoms with van der Waals surface area (Å²) in [5.41, 5.74) is -2.40. The van der Waals surface area contributed by atoms with Gasteiger partial charge in [0.2, 0.25) is 11.2 Å². The van der Waals surface area contributed by atoms with Crippen LogP contribution in [-0.4, -0.2) is 51.1 Å². The molecular weight excluding hydrogens is 544 g/mol. The van der Waals surface area contributed by atoms with E-state index in [1.54, 1.807) is 0 Å². The van der Waals surface area contributed by atoms with Crippen LogP contribution in [0.25, 0.3) is 22.3 Å². The van der Waals surface area contributed by atoms with Gasteiger partial charge in [-0.2, -0.15) is 25.3 Å². The predicted octanol–water partition coefficient (Wildman–Crippen LogP) is 0.719. The molecule has 0 bridgehead atoms. The number of ether oxygens (including phenoxy) is 1. The molecule has 4 N–H and O–H groups in total. The lowest BCUT2D eigenvalue weighted by Crippen LogP contribution is -2.16. The van der Waals surface area contributed by atoms with Crippen molar-refractivity contribution >= 4 is 42.2 Å². The Labute approximate surface area is 195 Å². The second kappa shape index (κ2) is 8.87. The first-order chi connectivity index (χ1) is 16.0. The molecule has 0 radical (unpaired) electrons. The largest absolute Gasteiger partial charge is 0.507 e. The maximum Gasteiger partial charge on any atom is 0.446 e. The van der Waals surface area contributed by atoms with Crippen molar-refractivity contribution in [2.24, 2.45) is 0 Å². The summed E-state index contributed by atoms with van der Waals surface area (Å²) in [5, 5.41) is 9.37. The molecule has 35 heavy (non-hydrogen) atoms. The van der Waals surface area contributed by atoms with Gasteiger partial charge in [0.05, 0.1) is 7.11 Å². The first kappa shape index (κ1) is 26.0. The highest BCUT2D eigenvalue weighted by Crippen LogP contribution is 2.39. The molecule has 3 aromatic rings. The first-order valence-corrected chi connectivity index (χ1v) is 12.6. The number of phenols is 1. The Morgan fingerprint density at radius 2 is 1.40 bits per heavy atom. The SMILES string of the molecule is COc1ccc(-c2oc3cc(OS(=O)(=O)O)cc(O)c3c(=O)c2OS(=O)(=O)O)cc1OS(=O)(=O)O. The fourth-order valence-corrected chi connectivity index (χ4v) is 3.85. The van der Waals surface area contributed by atoms with Crippen LogP contribution in [0.3, 0.4) is 0 Å². The molecule has 0 amide bonds. The zero-order valence-electron chi connectivity index (χ0n) is 16.8. The van der Waals surface area contributed by atoms with Gasteiger partial charge in [0.15, 0.2) is 23.0 Å². The van der Waals surface area contributed by atoms with E-state index < -0.39 is 76.4 Å². The van der Waals surface area contributed by atoms with Gasteiger partial charge in [-0.3, -0.25) is 18.5 Å². The summed E-state index contributed by atoms with van der Waals surface area (Å²) in [6.07, 6.45) is 0. The number of rotatable bonds is 8. The number of hydrogen-bond donors (Lipinski definition) is 4. The molecule has 0 fully saturated rings. The first-order valence-electron chi connectivity index (χ1n) is 8.50. The van der Waals surface area contributed by atoms with Gasteiger partial charge in [0.1, 0.15) is 16.7 Å². The van der Waals surface area contributed by atoms with Crippen LogP contribution in [0.1, 0.15) is 0 Å². The van der Waals surface area contributed by atoms with Gasteiger partial charge < -0.3 is 26.8 Å². The molecule has 0 aliphatic carbocycles. The lowest BCUT2D eigenvalue weighted by atomic mass is 10.1. The third kappa shape index (κ3) is 6.29. The Bertz CT molecular complexity index is 1700. The Balaban J connectivity index is 2.39. The quantitative estimate of drug-likeness (QED) is 0.279. The molecule has 2 aromatic carbocycles. The number of aromatic hydroxyl groups is 1. The summed E-state index contributed by atoms with van der Waals surface area (Å²) in [6, 6.07) is 4.20. The molecule has 19 heteroatoms. The monoisotopic (exact) mass is 556 g/mol. The van der Waals surface area contributed by atoms with Gasteiger partial charge in [-0.1, -0.05) is 0 Å². The van der Waals surface area contributed by atoms with Crippen LogP contribution in [0, 0.1) is 0 Å². The summed E-state index contributed by atoms with van der Waals surface area (Å²) < 4.78 is 117. The molecular formula is C16H12O16S3. The fraction of sp³-hybridized carbons (Fsp3) is 0.0625. The third-order valence-corrected chi connectivity index (χ3v) is 5.09. The van der Waals surface area contributed by atoms with E-state index in [9.17, 15) is 35.2 Å². The van der Waals surface area contributed by atoms with Crippen molar-refractivity contribution in [3.63, 3.8) is 0 Å².